The van der Waals surface area contributed by atoms with Crippen LogP contribution in [0.25, 0.3) is 11.3 Å². The van der Waals surface area contributed by atoms with Crippen molar-refractivity contribution in [1.82, 2.24) is 14.8 Å². The molecule has 24 heavy (non-hydrogen) atoms. The van der Waals surface area contributed by atoms with Gasteiger partial charge in [0.25, 0.3) is 5.91 Å². The zero-order chi connectivity index (χ0) is 16.5. The lowest BCUT2D eigenvalue weighted by atomic mass is 10.0. The van der Waals surface area contributed by atoms with Crippen molar-refractivity contribution in [3.05, 3.63) is 42.4 Å². The number of amides is 1. The molecule has 0 spiro atoms. The van der Waals surface area contributed by atoms with Crippen molar-refractivity contribution in [2.24, 2.45) is 0 Å². The Morgan fingerprint density at radius 2 is 1.88 bits per heavy atom. The van der Waals surface area contributed by atoms with Crippen LogP contribution in [0.1, 0.15) is 36.0 Å². The molecular formula is C19H23N3O2. The van der Waals surface area contributed by atoms with Gasteiger partial charge in [-0.1, -0.05) is 12.1 Å². The highest BCUT2D eigenvalue weighted by Crippen LogP contribution is 2.30. The molecule has 3 heterocycles. The van der Waals surface area contributed by atoms with Crippen molar-refractivity contribution < 1.29 is 9.21 Å². The van der Waals surface area contributed by atoms with Gasteiger partial charge in [-0.3, -0.25) is 4.79 Å². The maximum absolute atomic E-state index is 13.0. The smallest absolute Gasteiger partial charge is 0.254 e. The third-order valence-corrected chi connectivity index (χ3v) is 5.43. The van der Waals surface area contributed by atoms with E-state index in [0.717, 1.165) is 42.8 Å². The van der Waals surface area contributed by atoms with E-state index in [2.05, 4.69) is 21.8 Å². The molecule has 1 aromatic heterocycles. The van der Waals surface area contributed by atoms with Crippen molar-refractivity contribution >= 4 is 5.91 Å². The first-order valence-corrected chi connectivity index (χ1v) is 8.74. The standard InChI is InChI=1S/C19H23N3O2/c1-21-10-2-4-16(21)17-5-3-11-22(17)19(23)15-8-6-14(7-9-15)18-12-20-13-24-18/h6-9,12-13,16-17H,2-5,10-11H2,1H3/t16-,17-/m0/s1. The van der Waals surface area contributed by atoms with Gasteiger partial charge >= 0.3 is 0 Å². The first-order valence-electron chi connectivity index (χ1n) is 8.74. The first-order chi connectivity index (χ1) is 11.7. The molecule has 126 valence electrons. The molecule has 1 amide bonds. The van der Waals surface area contributed by atoms with E-state index >= 15 is 0 Å². The molecule has 2 aromatic rings. The van der Waals surface area contributed by atoms with Gasteiger partial charge in [-0.2, -0.15) is 0 Å². The Bertz CT molecular complexity index is 696. The molecule has 2 aliphatic heterocycles. The van der Waals surface area contributed by atoms with Crippen LogP contribution in [-0.4, -0.2) is 52.9 Å². The van der Waals surface area contributed by atoms with Gasteiger partial charge in [-0.05, 0) is 51.4 Å². The number of likely N-dealkylation sites (N-methyl/N-ethyl adjacent to an activating group) is 1. The maximum Gasteiger partial charge on any atom is 0.254 e. The van der Waals surface area contributed by atoms with Crippen LogP contribution in [-0.2, 0) is 0 Å². The molecule has 0 bridgehead atoms. The van der Waals surface area contributed by atoms with Crippen LogP contribution < -0.4 is 0 Å². The number of hydrogen-bond donors (Lipinski definition) is 0. The van der Waals surface area contributed by atoms with Gasteiger partial charge in [0.2, 0.25) is 0 Å². The van der Waals surface area contributed by atoms with Crippen LogP contribution >= 0.6 is 0 Å². The minimum absolute atomic E-state index is 0.155. The van der Waals surface area contributed by atoms with Crippen molar-refractivity contribution in [2.45, 2.75) is 37.8 Å². The lowest BCUT2D eigenvalue weighted by Crippen LogP contribution is -2.47. The van der Waals surface area contributed by atoms with Crippen molar-refractivity contribution in [2.75, 3.05) is 20.1 Å². The quantitative estimate of drug-likeness (QED) is 0.870. The summed E-state index contributed by atoms with van der Waals surface area (Å²) in [5.41, 5.74) is 1.70. The summed E-state index contributed by atoms with van der Waals surface area (Å²) < 4.78 is 5.30. The number of carbonyl (C=O) groups is 1. The van der Waals surface area contributed by atoms with Gasteiger partial charge in [-0.15, -0.1) is 0 Å². The predicted molar refractivity (Wildman–Crippen MR) is 91.6 cm³/mol. The second-order valence-electron chi connectivity index (χ2n) is 6.84. The van der Waals surface area contributed by atoms with E-state index in [9.17, 15) is 4.79 Å². The van der Waals surface area contributed by atoms with Gasteiger partial charge in [0.1, 0.15) is 0 Å². The molecule has 5 heteroatoms. The highest BCUT2D eigenvalue weighted by molar-refractivity contribution is 5.95. The number of carbonyl (C=O) groups excluding carboxylic acids is 1. The zero-order valence-electron chi connectivity index (χ0n) is 14.0. The van der Waals surface area contributed by atoms with E-state index in [-0.39, 0.29) is 5.91 Å². The topological polar surface area (TPSA) is 49.6 Å². The van der Waals surface area contributed by atoms with E-state index in [1.54, 1.807) is 6.20 Å². The van der Waals surface area contributed by atoms with Crippen LogP contribution in [0.5, 0.6) is 0 Å². The fourth-order valence-corrected chi connectivity index (χ4v) is 4.17. The molecule has 2 atom stereocenters. The minimum atomic E-state index is 0.155. The molecule has 0 N–H and O–H groups in total. The van der Waals surface area contributed by atoms with Gasteiger partial charge < -0.3 is 14.2 Å². The van der Waals surface area contributed by atoms with Crippen LogP contribution in [0, 0.1) is 0 Å². The normalized spacial score (nSPS) is 24.6. The lowest BCUT2D eigenvalue weighted by Gasteiger charge is -2.33. The summed E-state index contributed by atoms with van der Waals surface area (Å²) in [7, 11) is 2.19. The van der Waals surface area contributed by atoms with Crippen molar-refractivity contribution in [3.8, 4) is 11.3 Å². The van der Waals surface area contributed by atoms with Crippen LogP contribution in [0.4, 0.5) is 0 Å². The number of rotatable bonds is 3. The number of hydrogen-bond acceptors (Lipinski definition) is 4. The third-order valence-electron chi connectivity index (χ3n) is 5.43. The molecule has 5 nitrogen and oxygen atoms in total. The first kappa shape index (κ1) is 15.4. The highest BCUT2D eigenvalue weighted by atomic mass is 16.3. The Balaban J connectivity index is 1.52. The maximum atomic E-state index is 13.0. The van der Waals surface area contributed by atoms with E-state index < -0.39 is 0 Å². The van der Waals surface area contributed by atoms with Gasteiger partial charge in [-0.25, -0.2) is 4.98 Å². The third kappa shape index (κ3) is 2.73. The number of aromatic nitrogens is 1. The summed E-state index contributed by atoms with van der Waals surface area (Å²) in [5, 5.41) is 0. The molecule has 0 unspecified atom stereocenters. The molecular weight excluding hydrogens is 302 g/mol. The van der Waals surface area contributed by atoms with Gasteiger partial charge in [0.15, 0.2) is 12.2 Å². The number of nitrogens with zero attached hydrogens (tertiary/aromatic N) is 3. The molecule has 4 rings (SSSR count). The van der Waals surface area contributed by atoms with Crippen LogP contribution in [0.15, 0.2) is 41.3 Å². The molecule has 2 saturated heterocycles. The lowest BCUT2D eigenvalue weighted by molar-refractivity contribution is 0.0664. The predicted octanol–water partition coefficient (Wildman–Crippen LogP) is 3.04. The molecule has 2 aliphatic rings. The second-order valence-corrected chi connectivity index (χ2v) is 6.84. The average molecular weight is 325 g/mol. The summed E-state index contributed by atoms with van der Waals surface area (Å²) in [4.78, 5) is 21.4. The summed E-state index contributed by atoms with van der Waals surface area (Å²) in [6, 6.07) is 8.53. The molecule has 2 fully saturated rings. The second kappa shape index (κ2) is 6.40. The van der Waals surface area contributed by atoms with E-state index in [0.29, 0.717) is 12.1 Å². The molecule has 0 aliphatic carbocycles. The Labute approximate surface area is 142 Å². The Morgan fingerprint density at radius 3 is 2.54 bits per heavy atom. The van der Waals surface area contributed by atoms with E-state index in [1.807, 2.05) is 24.3 Å². The fourth-order valence-electron chi connectivity index (χ4n) is 4.17. The Kier molecular flexibility index (Phi) is 4.10. The zero-order valence-corrected chi connectivity index (χ0v) is 14.0. The molecule has 1 aromatic carbocycles. The largest absolute Gasteiger partial charge is 0.444 e. The minimum Gasteiger partial charge on any atom is -0.444 e. The van der Waals surface area contributed by atoms with E-state index in [1.165, 1.54) is 19.2 Å². The van der Waals surface area contributed by atoms with Crippen molar-refractivity contribution in [1.29, 1.82) is 0 Å². The molecule has 0 radical (unpaired) electrons. The molecule has 0 saturated carbocycles. The number of likely N-dealkylation sites (tertiary alicyclic amines) is 2. The number of oxazole rings is 1. The van der Waals surface area contributed by atoms with Crippen molar-refractivity contribution in [3.63, 3.8) is 0 Å². The van der Waals surface area contributed by atoms with Gasteiger partial charge in [0, 0.05) is 29.8 Å². The van der Waals surface area contributed by atoms with E-state index in [4.69, 9.17) is 4.42 Å². The van der Waals surface area contributed by atoms with Crippen LogP contribution in [0.3, 0.4) is 0 Å². The number of benzene rings is 1. The highest BCUT2D eigenvalue weighted by Gasteiger charge is 2.38. The Hall–Kier alpha value is -2.14. The summed E-state index contributed by atoms with van der Waals surface area (Å²) in [6.07, 6.45) is 7.78. The monoisotopic (exact) mass is 325 g/mol. The summed E-state index contributed by atoms with van der Waals surface area (Å²) in [5.74, 6) is 0.877. The average Bonchev–Trinajstić information content (AvgIpc) is 3.35. The van der Waals surface area contributed by atoms with Gasteiger partial charge in [0.05, 0.1) is 6.20 Å². The SMILES string of the molecule is CN1CCC[C@H]1[C@@H]1CCCN1C(=O)c1ccc(-c2cnco2)cc1. The summed E-state index contributed by atoms with van der Waals surface area (Å²) in [6.45, 7) is 2.02. The fraction of sp³-hybridized carbons (Fsp3) is 0.474. The van der Waals surface area contributed by atoms with Crippen LogP contribution in [0.2, 0.25) is 0 Å². The Morgan fingerprint density at radius 1 is 1.12 bits per heavy atom. The summed E-state index contributed by atoms with van der Waals surface area (Å²) >= 11 is 0.